The Labute approximate surface area is 161 Å². The number of amides is 3. The molecule has 148 valence electrons. The Bertz CT molecular complexity index is 664. The van der Waals surface area contributed by atoms with Gasteiger partial charge in [-0.3, -0.25) is 9.69 Å². The van der Waals surface area contributed by atoms with Gasteiger partial charge in [-0.15, -0.1) is 0 Å². The van der Waals surface area contributed by atoms with Gasteiger partial charge in [-0.1, -0.05) is 6.92 Å². The molecule has 0 saturated carbocycles. The van der Waals surface area contributed by atoms with Crippen molar-refractivity contribution in [1.29, 1.82) is 0 Å². The molecule has 3 N–H and O–H groups in total. The highest BCUT2D eigenvalue weighted by atomic mass is 16.2. The average molecular weight is 374 g/mol. The first-order chi connectivity index (χ1) is 13.1. The fraction of sp³-hybridized carbons (Fsp3) is 0.600. The van der Waals surface area contributed by atoms with E-state index in [0.717, 1.165) is 56.9 Å². The standard InChI is InChI=1S/C20H31N5O2/c1-3-7-22-19(26)16-4-5-18(15(2)13-16)23-20(27)25-11-9-24(10-12-25)17-6-8-21-14-17/h4-5,13,17,21H,3,6-12,14H2,1-2H3,(H,22,26)(H,23,27)/t17-/m0/s1. The molecule has 2 aliphatic heterocycles. The van der Waals surface area contributed by atoms with Gasteiger partial charge in [0.25, 0.3) is 5.91 Å². The van der Waals surface area contributed by atoms with Crippen molar-refractivity contribution in [3.8, 4) is 0 Å². The SMILES string of the molecule is CCCNC(=O)c1ccc(NC(=O)N2CCN([C@H]3CCNC3)CC2)c(C)c1. The van der Waals surface area contributed by atoms with Gasteiger partial charge >= 0.3 is 6.03 Å². The maximum atomic E-state index is 12.6. The van der Waals surface area contributed by atoms with Crippen LogP contribution in [0.3, 0.4) is 0 Å². The van der Waals surface area contributed by atoms with Crippen LogP contribution in [0.15, 0.2) is 18.2 Å². The number of benzene rings is 1. The summed E-state index contributed by atoms with van der Waals surface area (Å²) in [6, 6.07) is 5.95. The van der Waals surface area contributed by atoms with Gasteiger partial charge in [0.2, 0.25) is 0 Å². The maximum absolute atomic E-state index is 12.6. The number of nitrogens with one attached hydrogen (secondary N) is 3. The number of nitrogens with zero attached hydrogens (tertiary/aromatic N) is 2. The van der Waals surface area contributed by atoms with E-state index in [-0.39, 0.29) is 11.9 Å². The monoisotopic (exact) mass is 373 g/mol. The average Bonchev–Trinajstić information content (AvgIpc) is 3.22. The van der Waals surface area contributed by atoms with Crippen molar-refractivity contribution in [3.05, 3.63) is 29.3 Å². The molecule has 7 heteroatoms. The molecule has 1 aromatic carbocycles. The van der Waals surface area contributed by atoms with Crippen LogP contribution < -0.4 is 16.0 Å². The number of hydrogen-bond donors (Lipinski definition) is 3. The molecule has 0 bridgehead atoms. The maximum Gasteiger partial charge on any atom is 0.321 e. The van der Waals surface area contributed by atoms with Crippen molar-refractivity contribution in [2.45, 2.75) is 32.7 Å². The van der Waals surface area contributed by atoms with E-state index in [9.17, 15) is 9.59 Å². The molecular weight excluding hydrogens is 342 g/mol. The van der Waals surface area contributed by atoms with Crippen LogP contribution in [-0.2, 0) is 0 Å². The van der Waals surface area contributed by atoms with Crippen LogP contribution in [0.2, 0.25) is 0 Å². The van der Waals surface area contributed by atoms with Crippen molar-refractivity contribution in [3.63, 3.8) is 0 Å². The molecule has 0 aliphatic carbocycles. The zero-order chi connectivity index (χ0) is 19.2. The first-order valence-corrected chi connectivity index (χ1v) is 9.98. The fourth-order valence-corrected chi connectivity index (χ4v) is 3.72. The Morgan fingerprint density at radius 2 is 2.00 bits per heavy atom. The van der Waals surface area contributed by atoms with Crippen LogP contribution in [0.5, 0.6) is 0 Å². The van der Waals surface area contributed by atoms with Gasteiger partial charge in [0.15, 0.2) is 0 Å². The van der Waals surface area contributed by atoms with E-state index in [1.54, 1.807) is 6.07 Å². The lowest BCUT2D eigenvalue weighted by atomic mass is 10.1. The lowest BCUT2D eigenvalue weighted by molar-refractivity contribution is 0.0953. The topological polar surface area (TPSA) is 76.7 Å². The summed E-state index contributed by atoms with van der Waals surface area (Å²) < 4.78 is 0. The van der Waals surface area contributed by atoms with Gasteiger partial charge in [-0.05, 0) is 50.1 Å². The third kappa shape index (κ3) is 4.99. The minimum atomic E-state index is -0.0737. The van der Waals surface area contributed by atoms with Crippen LogP contribution in [0.1, 0.15) is 35.7 Å². The van der Waals surface area contributed by atoms with E-state index in [4.69, 9.17) is 0 Å². The quantitative estimate of drug-likeness (QED) is 0.733. The van der Waals surface area contributed by atoms with Crippen LogP contribution >= 0.6 is 0 Å². The molecule has 0 radical (unpaired) electrons. The Hall–Kier alpha value is -2.12. The molecule has 3 amide bonds. The molecule has 27 heavy (non-hydrogen) atoms. The molecule has 0 unspecified atom stereocenters. The molecular formula is C20H31N5O2. The van der Waals surface area contributed by atoms with Gasteiger partial charge in [-0.2, -0.15) is 0 Å². The van der Waals surface area contributed by atoms with Crippen LogP contribution in [0, 0.1) is 6.92 Å². The Morgan fingerprint density at radius 3 is 2.63 bits per heavy atom. The summed E-state index contributed by atoms with van der Waals surface area (Å²) in [6.07, 6.45) is 2.10. The number of carbonyl (C=O) groups excluding carboxylic acids is 2. The number of rotatable bonds is 5. The summed E-state index contributed by atoms with van der Waals surface area (Å²) in [7, 11) is 0. The molecule has 1 atom stereocenters. The zero-order valence-electron chi connectivity index (χ0n) is 16.4. The number of piperazine rings is 1. The van der Waals surface area contributed by atoms with Gasteiger partial charge in [0.1, 0.15) is 0 Å². The molecule has 3 rings (SSSR count). The number of aryl methyl sites for hydroxylation is 1. The second kappa shape index (κ2) is 9.19. The summed E-state index contributed by atoms with van der Waals surface area (Å²) in [5, 5.41) is 9.27. The van der Waals surface area contributed by atoms with E-state index >= 15 is 0 Å². The van der Waals surface area contributed by atoms with Gasteiger partial charge < -0.3 is 20.9 Å². The van der Waals surface area contributed by atoms with Crippen LogP contribution in [0.4, 0.5) is 10.5 Å². The molecule has 2 fully saturated rings. The summed E-state index contributed by atoms with van der Waals surface area (Å²) in [4.78, 5) is 29.0. The first kappa shape index (κ1) is 19.6. The highest BCUT2D eigenvalue weighted by molar-refractivity contribution is 5.96. The molecule has 0 spiro atoms. The van der Waals surface area contributed by atoms with E-state index < -0.39 is 0 Å². The molecule has 2 saturated heterocycles. The van der Waals surface area contributed by atoms with Gasteiger partial charge in [-0.25, -0.2) is 4.79 Å². The lowest BCUT2D eigenvalue weighted by Crippen LogP contribution is -2.53. The van der Waals surface area contributed by atoms with E-state index in [2.05, 4.69) is 20.9 Å². The second-order valence-electron chi connectivity index (χ2n) is 7.39. The van der Waals surface area contributed by atoms with Gasteiger partial charge in [0.05, 0.1) is 0 Å². The van der Waals surface area contributed by atoms with E-state index in [0.29, 0.717) is 18.2 Å². The molecule has 1 aromatic rings. The van der Waals surface area contributed by atoms with Crippen LogP contribution in [-0.4, -0.2) is 73.6 Å². The fourth-order valence-electron chi connectivity index (χ4n) is 3.72. The van der Waals surface area contributed by atoms with E-state index in [1.165, 1.54) is 6.42 Å². The number of anilines is 1. The highest BCUT2D eigenvalue weighted by Crippen LogP contribution is 2.18. The zero-order valence-corrected chi connectivity index (χ0v) is 16.4. The minimum Gasteiger partial charge on any atom is -0.352 e. The van der Waals surface area contributed by atoms with Crippen molar-refractivity contribution in [2.75, 3.05) is 51.1 Å². The predicted molar refractivity (Wildman–Crippen MR) is 107 cm³/mol. The third-order valence-electron chi connectivity index (χ3n) is 5.42. The third-order valence-corrected chi connectivity index (χ3v) is 5.42. The summed E-state index contributed by atoms with van der Waals surface area (Å²) in [6.45, 7) is 10.1. The molecule has 7 nitrogen and oxygen atoms in total. The largest absolute Gasteiger partial charge is 0.352 e. The molecule has 2 heterocycles. The van der Waals surface area contributed by atoms with Crippen molar-refractivity contribution < 1.29 is 9.59 Å². The summed E-state index contributed by atoms with van der Waals surface area (Å²) >= 11 is 0. The molecule has 0 aromatic heterocycles. The Balaban J connectivity index is 1.52. The van der Waals surface area contributed by atoms with Gasteiger partial charge in [0, 0.05) is 56.6 Å². The lowest BCUT2D eigenvalue weighted by Gasteiger charge is -2.37. The van der Waals surface area contributed by atoms with Crippen LogP contribution in [0.25, 0.3) is 0 Å². The number of urea groups is 1. The molecule has 2 aliphatic rings. The first-order valence-electron chi connectivity index (χ1n) is 9.98. The number of carbonyl (C=O) groups is 2. The summed E-state index contributed by atoms with van der Waals surface area (Å²) in [5.74, 6) is -0.0737. The van der Waals surface area contributed by atoms with E-state index in [1.807, 2.05) is 30.9 Å². The highest BCUT2D eigenvalue weighted by Gasteiger charge is 2.27. The predicted octanol–water partition coefficient (Wildman–Crippen LogP) is 1.65. The van der Waals surface area contributed by atoms with Crippen molar-refractivity contribution in [1.82, 2.24) is 20.4 Å². The Kier molecular flexibility index (Phi) is 6.68. The summed E-state index contributed by atoms with van der Waals surface area (Å²) in [5.41, 5.74) is 2.27. The van der Waals surface area contributed by atoms with Crippen molar-refractivity contribution >= 4 is 17.6 Å². The second-order valence-corrected chi connectivity index (χ2v) is 7.39. The Morgan fingerprint density at radius 1 is 1.22 bits per heavy atom. The number of hydrogen-bond acceptors (Lipinski definition) is 4. The smallest absolute Gasteiger partial charge is 0.321 e. The van der Waals surface area contributed by atoms with Crippen molar-refractivity contribution in [2.24, 2.45) is 0 Å². The minimum absolute atomic E-state index is 0.0644. The normalized spacial score (nSPS) is 20.5.